The third-order valence-electron chi connectivity index (χ3n) is 3.37. The molecule has 18 heavy (non-hydrogen) atoms. The van der Waals surface area contributed by atoms with Gasteiger partial charge in [-0.2, -0.15) is 0 Å². The standard InChI is InChI=1S/C14H28N2O2/c1-11(10-14(2,3)18-4)15-9-5-6-13(17)16-12-7-8-12/h11-12,15H,5-10H2,1-4H3,(H,16,17). The topological polar surface area (TPSA) is 50.4 Å². The van der Waals surface area contributed by atoms with Crippen LogP contribution < -0.4 is 10.6 Å². The van der Waals surface area contributed by atoms with Crippen molar-refractivity contribution in [2.75, 3.05) is 13.7 Å². The van der Waals surface area contributed by atoms with Crippen molar-refractivity contribution in [3.63, 3.8) is 0 Å². The van der Waals surface area contributed by atoms with E-state index in [0.717, 1.165) is 32.2 Å². The third kappa shape index (κ3) is 6.97. The first-order chi connectivity index (χ1) is 8.43. The van der Waals surface area contributed by atoms with Crippen LogP contribution in [-0.2, 0) is 9.53 Å². The van der Waals surface area contributed by atoms with E-state index in [0.29, 0.717) is 18.5 Å². The molecule has 0 saturated heterocycles. The highest BCUT2D eigenvalue weighted by Gasteiger charge is 2.23. The van der Waals surface area contributed by atoms with Crippen LogP contribution in [0.4, 0.5) is 0 Å². The monoisotopic (exact) mass is 256 g/mol. The molecule has 4 heteroatoms. The lowest BCUT2D eigenvalue weighted by Crippen LogP contribution is -2.36. The van der Waals surface area contributed by atoms with E-state index in [1.807, 2.05) is 0 Å². The van der Waals surface area contributed by atoms with E-state index in [1.54, 1.807) is 7.11 Å². The first-order valence-corrected chi connectivity index (χ1v) is 7.01. The Morgan fingerprint density at radius 2 is 2.11 bits per heavy atom. The summed E-state index contributed by atoms with van der Waals surface area (Å²) in [6.07, 6.45) is 4.82. The molecule has 1 atom stereocenters. The van der Waals surface area contributed by atoms with Gasteiger partial charge < -0.3 is 15.4 Å². The molecule has 1 amide bonds. The van der Waals surface area contributed by atoms with E-state index in [-0.39, 0.29) is 11.5 Å². The van der Waals surface area contributed by atoms with Crippen LogP contribution in [0.1, 0.15) is 52.9 Å². The molecule has 106 valence electrons. The van der Waals surface area contributed by atoms with Crippen LogP contribution in [0.5, 0.6) is 0 Å². The normalized spacial score (nSPS) is 17.6. The average molecular weight is 256 g/mol. The molecule has 0 aromatic heterocycles. The Bertz CT molecular complexity index is 263. The highest BCUT2D eigenvalue weighted by atomic mass is 16.5. The van der Waals surface area contributed by atoms with Gasteiger partial charge >= 0.3 is 0 Å². The van der Waals surface area contributed by atoms with Crippen molar-refractivity contribution in [1.29, 1.82) is 0 Å². The predicted octanol–water partition coefficient (Wildman–Crippen LogP) is 1.84. The molecule has 0 aromatic carbocycles. The first-order valence-electron chi connectivity index (χ1n) is 7.01. The van der Waals surface area contributed by atoms with Crippen molar-refractivity contribution in [3.05, 3.63) is 0 Å². The zero-order valence-electron chi connectivity index (χ0n) is 12.2. The third-order valence-corrected chi connectivity index (χ3v) is 3.37. The summed E-state index contributed by atoms with van der Waals surface area (Å²) < 4.78 is 5.40. The van der Waals surface area contributed by atoms with E-state index in [4.69, 9.17) is 4.74 Å². The first kappa shape index (κ1) is 15.4. The smallest absolute Gasteiger partial charge is 0.220 e. The second-order valence-corrected chi connectivity index (χ2v) is 5.97. The number of nitrogens with one attached hydrogen (secondary N) is 2. The van der Waals surface area contributed by atoms with Gasteiger partial charge in [0.15, 0.2) is 0 Å². The minimum atomic E-state index is -0.0875. The van der Waals surface area contributed by atoms with Crippen LogP contribution in [0.3, 0.4) is 0 Å². The number of ether oxygens (including phenoxy) is 1. The maximum Gasteiger partial charge on any atom is 0.220 e. The molecule has 0 radical (unpaired) electrons. The number of hydrogen-bond acceptors (Lipinski definition) is 3. The van der Waals surface area contributed by atoms with Crippen LogP contribution in [0.25, 0.3) is 0 Å². The van der Waals surface area contributed by atoms with E-state index in [1.165, 1.54) is 0 Å². The van der Waals surface area contributed by atoms with Gasteiger partial charge in [0.25, 0.3) is 0 Å². The zero-order valence-corrected chi connectivity index (χ0v) is 12.2. The van der Waals surface area contributed by atoms with Gasteiger partial charge in [-0.05, 0) is 53.0 Å². The lowest BCUT2D eigenvalue weighted by atomic mass is 10.00. The van der Waals surface area contributed by atoms with Gasteiger partial charge in [0.1, 0.15) is 0 Å². The Balaban J connectivity index is 2.00. The quantitative estimate of drug-likeness (QED) is 0.619. The van der Waals surface area contributed by atoms with Crippen LogP contribution in [0.15, 0.2) is 0 Å². The summed E-state index contributed by atoms with van der Waals surface area (Å²) >= 11 is 0. The summed E-state index contributed by atoms with van der Waals surface area (Å²) in [5.74, 6) is 0.198. The van der Waals surface area contributed by atoms with Crippen LogP contribution in [-0.4, -0.2) is 37.2 Å². The molecule has 0 heterocycles. The molecule has 1 aliphatic carbocycles. The minimum Gasteiger partial charge on any atom is -0.379 e. The summed E-state index contributed by atoms with van der Waals surface area (Å²) in [5.41, 5.74) is -0.0875. The predicted molar refractivity (Wildman–Crippen MR) is 73.6 cm³/mol. The number of carbonyl (C=O) groups excluding carboxylic acids is 1. The lowest BCUT2D eigenvalue weighted by molar-refractivity contribution is -0.121. The lowest BCUT2D eigenvalue weighted by Gasteiger charge is -2.27. The van der Waals surface area contributed by atoms with E-state index < -0.39 is 0 Å². The second-order valence-electron chi connectivity index (χ2n) is 5.97. The fourth-order valence-corrected chi connectivity index (χ4v) is 2.02. The van der Waals surface area contributed by atoms with E-state index in [9.17, 15) is 4.79 Å². The summed E-state index contributed by atoms with van der Waals surface area (Å²) in [4.78, 5) is 11.5. The molecule has 2 N–H and O–H groups in total. The number of amides is 1. The van der Waals surface area contributed by atoms with Crippen molar-refractivity contribution in [1.82, 2.24) is 10.6 Å². The Morgan fingerprint density at radius 3 is 2.67 bits per heavy atom. The van der Waals surface area contributed by atoms with Crippen LogP contribution >= 0.6 is 0 Å². The molecule has 1 rings (SSSR count). The fourth-order valence-electron chi connectivity index (χ4n) is 2.02. The number of carbonyl (C=O) groups is 1. The average Bonchev–Trinajstić information content (AvgIpc) is 3.08. The minimum absolute atomic E-state index is 0.0875. The van der Waals surface area contributed by atoms with Crippen molar-refractivity contribution < 1.29 is 9.53 Å². The largest absolute Gasteiger partial charge is 0.379 e. The Labute approximate surface area is 111 Å². The Morgan fingerprint density at radius 1 is 1.44 bits per heavy atom. The van der Waals surface area contributed by atoms with Gasteiger partial charge in [0, 0.05) is 25.6 Å². The van der Waals surface area contributed by atoms with Crippen molar-refractivity contribution in [2.24, 2.45) is 0 Å². The van der Waals surface area contributed by atoms with Gasteiger partial charge in [0.2, 0.25) is 5.91 Å². The number of methoxy groups -OCH3 is 1. The Kier molecular flexibility index (Phi) is 6.09. The SMILES string of the molecule is COC(C)(C)CC(C)NCCCC(=O)NC1CC1. The molecular weight excluding hydrogens is 228 g/mol. The van der Waals surface area contributed by atoms with E-state index in [2.05, 4.69) is 31.4 Å². The van der Waals surface area contributed by atoms with Crippen molar-refractivity contribution in [2.45, 2.75) is 70.6 Å². The molecule has 1 aliphatic rings. The van der Waals surface area contributed by atoms with Gasteiger partial charge in [-0.15, -0.1) is 0 Å². The summed E-state index contributed by atoms with van der Waals surface area (Å²) in [7, 11) is 1.74. The van der Waals surface area contributed by atoms with Gasteiger partial charge in [-0.25, -0.2) is 0 Å². The molecule has 0 bridgehead atoms. The molecular formula is C14H28N2O2. The van der Waals surface area contributed by atoms with Crippen molar-refractivity contribution >= 4 is 5.91 Å². The van der Waals surface area contributed by atoms with Crippen LogP contribution in [0.2, 0.25) is 0 Å². The molecule has 1 fully saturated rings. The maximum absolute atomic E-state index is 11.5. The summed E-state index contributed by atoms with van der Waals surface area (Å²) in [5, 5.41) is 6.44. The number of hydrogen-bond donors (Lipinski definition) is 2. The van der Waals surface area contributed by atoms with Gasteiger partial charge in [-0.1, -0.05) is 0 Å². The summed E-state index contributed by atoms with van der Waals surface area (Å²) in [6.45, 7) is 7.23. The Hall–Kier alpha value is -0.610. The molecule has 0 aromatic rings. The van der Waals surface area contributed by atoms with Crippen LogP contribution in [0, 0.1) is 0 Å². The maximum atomic E-state index is 11.5. The molecule has 0 aliphatic heterocycles. The highest BCUT2D eigenvalue weighted by molar-refractivity contribution is 5.76. The van der Waals surface area contributed by atoms with Gasteiger partial charge in [0.05, 0.1) is 5.60 Å². The molecule has 1 saturated carbocycles. The zero-order chi connectivity index (χ0) is 13.6. The molecule has 1 unspecified atom stereocenters. The highest BCUT2D eigenvalue weighted by Crippen LogP contribution is 2.18. The second kappa shape index (κ2) is 7.10. The van der Waals surface area contributed by atoms with E-state index >= 15 is 0 Å². The van der Waals surface area contributed by atoms with Crippen molar-refractivity contribution in [3.8, 4) is 0 Å². The van der Waals surface area contributed by atoms with Gasteiger partial charge in [-0.3, -0.25) is 4.79 Å². The molecule has 0 spiro atoms. The number of rotatable bonds is 9. The molecule has 4 nitrogen and oxygen atoms in total. The summed E-state index contributed by atoms with van der Waals surface area (Å²) in [6, 6.07) is 0.887. The fraction of sp³-hybridized carbons (Fsp3) is 0.929.